The first-order valence-corrected chi connectivity index (χ1v) is 7.22. The topological polar surface area (TPSA) is 29.1 Å². The second-order valence-electron chi connectivity index (χ2n) is 4.84. The molecule has 0 aliphatic heterocycles. The highest BCUT2D eigenvalue weighted by Gasteiger charge is 1.96. The van der Waals surface area contributed by atoms with Crippen LogP contribution in [0.15, 0.2) is 60.8 Å². The highest BCUT2D eigenvalue weighted by molar-refractivity contribution is 5.87. The lowest BCUT2D eigenvalue weighted by atomic mass is 10.2. The summed E-state index contributed by atoms with van der Waals surface area (Å²) >= 11 is 0. The third-order valence-electron chi connectivity index (χ3n) is 2.34. The summed E-state index contributed by atoms with van der Waals surface area (Å²) in [7, 11) is 0. The highest BCUT2D eigenvalue weighted by atomic mass is 16.1. The maximum Gasteiger partial charge on any atom is 0.243 e. The molecule has 0 aromatic carbocycles. The largest absolute Gasteiger partial charge is 0.352 e. The van der Waals surface area contributed by atoms with Crippen molar-refractivity contribution in [2.75, 3.05) is 6.54 Å². The van der Waals surface area contributed by atoms with Crippen molar-refractivity contribution in [2.45, 2.75) is 33.6 Å². The Bertz CT molecular complexity index is 384. The molecule has 0 aliphatic rings. The van der Waals surface area contributed by atoms with Crippen LogP contribution in [0.3, 0.4) is 0 Å². The summed E-state index contributed by atoms with van der Waals surface area (Å²) in [5, 5.41) is 2.85. The summed E-state index contributed by atoms with van der Waals surface area (Å²) in [6.45, 7) is 6.88. The van der Waals surface area contributed by atoms with E-state index in [1.165, 1.54) is 0 Å². The molecule has 0 heterocycles. The predicted octanol–water partition coefficient (Wildman–Crippen LogP) is 4.34. The van der Waals surface area contributed by atoms with E-state index in [9.17, 15) is 4.79 Å². The SMILES string of the molecule is CC=CC=CC=CC=CCCC=CC(=O)NCC(C)C. The minimum atomic E-state index is -0.00306. The molecule has 0 aromatic rings. The molecule has 20 heavy (non-hydrogen) atoms. The number of carbonyl (C=O) groups excluding carboxylic acids is 1. The van der Waals surface area contributed by atoms with E-state index in [0.717, 1.165) is 19.4 Å². The van der Waals surface area contributed by atoms with Crippen LogP contribution in [0.5, 0.6) is 0 Å². The summed E-state index contributed by atoms with van der Waals surface area (Å²) in [5.74, 6) is 0.487. The van der Waals surface area contributed by atoms with Gasteiger partial charge in [0.15, 0.2) is 0 Å². The van der Waals surface area contributed by atoms with E-state index in [1.807, 2.05) is 55.5 Å². The van der Waals surface area contributed by atoms with Gasteiger partial charge in [0.05, 0.1) is 0 Å². The zero-order valence-corrected chi connectivity index (χ0v) is 12.9. The molecule has 2 nitrogen and oxygen atoms in total. The van der Waals surface area contributed by atoms with E-state index in [1.54, 1.807) is 6.08 Å². The van der Waals surface area contributed by atoms with Gasteiger partial charge in [0.1, 0.15) is 0 Å². The Morgan fingerprint density at radius 3 is 2.20 bits per heavy atom. The molecule has 0 bridgehead atoms. The van der Waals surface area contributed by atoms with Crippen LogP contribution in [0.25, 0.3) is 0 Å². The summed E-state index contributed by atoms with van der Waals surface area (Å²) < 4.78 is 0. The number of rotatable bonds is 9. The van der Waals surface area contributed by atoms with Crippen LogP contribution < -0.4 is 5.32 Å². The van der Waals surface area contributed by atoms with Gasteiger partial charge in [0, 0.05) is 6.54 Å². The zero-order valence-electron chi connectivity index (χ0n) is 12.9. The third-order valence-corrected chi connectivity index (χ3v) is 2.34. The first-order valence-electron chi connectivity index (χ1n) is 7.22. The van der Waals surface area contributed by atoms with E-state index in [-0.39, 0.29) is 5.91 Å². The van der Waals surface area contributed by atoms with Crippen molar-refractivity contribution in [1.82, 2.24) is 5.32 Å². The fourth-order valence-corrected chi connectivity index (χ4v) is 1.29. The van der Waals surface area contributed by atoms with Gasteiger partial charge in [-0.05, 0) is 31.8 Å². The van der Waals surface area contributed by atoms with Gasteiger partial charge in [-0.3, -0.25) is 4.79 Å². The molecule has 0 unspecified atom stereocenters. The van der Waals surface area contributed by atoms with Crippen LogP contribution in [0.4, 0.5) is 0 Å². The van der Waals surface area contributed by atoms with Crippen molar-refractivity contribution < 1.29 is 4.79 Å². The Morgan fingerprint density at radius 2 is 1.55 bits per heavy atom. The third kappa shape index (κ3) is 14.2. The van der Waals surface area contributed by atoms with Crippen molar-refractivity contribution in [1.29, 1.82) is 0 Å². The van der Waals surface area contributed by atoms with Crippen LogP contribution in [-0.2, 0) is 4.79 Å². The number of hydrogen-bond acceptors (Lipinski definition) is 1. The number of allylic oxidation sites excluding steroid dienone is 9. The van der Waals surface area contributed by atoms with E-state index in [0.29, 0.717) is 5.92 Å². The second-order valence-corrected chi connectivity index (χ2v) is 4.84. The van der Waals surface area contributed by atoms with Gasteiger partial charge in [-0.1, -0.05) is 68.5 Å². The number of carbonyl (C=O) groups is 1. The lowest BCUT2D eigenvalue weighted by Crippen LogP contribution is -2.25. The van der Waals surface area contributed by atoms with Gasteiger partial charge in [-0.15, -0.1) is 0 Å². The Hall–Kier alpha value is -1.83. The van der Waals surface area contributed by atoms with Crippen LogP contribution >= 0.6 is 0 Å². The van der Waals surface area contributed by atoms with E-state index in [2.05, 4.69) is 25.2 Å². The molecule has 0 rings (SSSR count). The standard InChI is InChI=1S/C18H27NO/c1-4-5-6-7-8-9-10-11-12-13-14-15-18(20)19-16-17(2)3/h4-11,14-15,17H,12-13,16H2,1-3H3,(H,19,20). The molecule has 1 amide bonds. The number of unbranched alkanes of at least 4 members (excludes halogenated alkanes) is 1. The minimum Gasteiger partial charge on any atom is -0.352 e. The van der Waals surface area contributed by atoms with Crippen molar-refractivity contribution in [3.05, 3.63) is 60.8 Å². The molecule has 2 heteroatoms. The molecule has 0 radical (unpaired) electrons. The van der Waals surface area contributed by atoms with Crippen molar-refractivity contribution in [3.63, 3.8) is 0 Å². The van der Waals surface area contributed by atoms with Gasteiger partial charge in [0.2, 0.25) is 5.91 Å². The molecule has 1 N–H and O–H groups in total. The monoisotopic (exact) mass is 273 g/mol. The van der Waals surface area contributed by atoms with E-state index >= 15 is 0 Å². The van der Waals surface area contributed by atoms with Gasteiger partial charge in [-0.25, -0.2) is 0 Å². The second kappa shape index (κ2) is 13.6. The van der Waals surface area contributed by atoms with Crippen LogP contribution in [0, 0.1) is 5.92 Å². The molecule has 0 atom stereocenters. The predicted molar refractivity (Wildman–Crippen MR) is 88.5 cm³/mol. The number of hydrogen-bond donors (Lipinski definition) is 1. The Balaban J connectivity index is 3.67. The minimum absolute atomic E-state index is 0.00306. The molecule has 0 fully saturated rings. The fraction of sp³-hybridized carbons (Fsp3) is 0.389. The van der Waals surface area contributed by atoms with E-state index < -0.39 is 0 Å². The average Bonchev–Trinajstić information content (AvgIpc) is 2.42. The highest BCUT2D eigenvalue weighted by Crippen LogP contribution is 1.94. The molecule has 0 spiro atoms. The Morgan fingerprint density at radius 1 is 0.950 bits per heavy atom. The molecule has 0 saturated carbocycles. The van der Waals surface area contributed by atoms with Crippen LogP contribution in [0.1, 0.15) is 33.6 Å². The number of amides is 1. The fourth-order valence-electron chi connectivity index (χ4n) is 1.29. The van der Waals surface area contributed by atoms with Gasteiger partial charge < -0.3 is 5.32 Å². The van der Waals surface area contributed by atoms with Gasteiger partial charge >= 0.3 is 0 Å². The quantitative estimate of drug-likeness (QED) is 0.378. The molecule has 0 saturated heterocycles. The van der Waals surface area contributed by atoms with E-state index in [4.69, 9.17) is 0 Å². The maximum atomic E-state index is 11.4. The lowest BCUT2D eigenvalue weighted by Gasteiger charge is -2.03. The molecule has 0 aliphatic carbocycles. The summed E-state index contributed by atoms with van der Waals surface area (Å²) in [4.78, 5) is 11.4. The van der Waals surface area contributed by atoms with Crippen molar-refractivity contribution >= 4 is 5.91 Å². The number of nitrogens with one attached hydrogen (secondary N) is 1. The average molecular weight is 273 g/mol. The molecule has 110 valence electrons. The van der Waals surface area contributed by atoms with Crippen LogP contribution in [0.2, 0.25) is 0 Å². The smallest absolute Gasteiger partial charge is 0.243 e. The normalized spacial score (nSPS) is 13.0. The van der Waals surface area contributed by atoms with Crippen molar-refractivity contribution in [3.8, 4) is 0 Å². The van der Waals surface area contributed by atoms with Gasteiger partial charge in [0.25, 0.3) is 0 Å². The van der Waals surface area contributed by atoms with Crippen molar-refractivity contribution in [2.24, 2.45) is 5.92 Å². The van der Waals surface area contributed by atoms with Crippen LogP contribution in [-0.4, -0.2) is 12.5 Å². The molecule has 0 aromatic heterocycles. The van der Waals surface area contributed by atoms with Gasteiger partial charge in [-0.2, -0.15) is 0 Å². The lowest BCUT2D eigenvalue weighted by molar-refractivity contribution is -0.116. The first-order chi connectivity index (χ1) is 9.66. The summed E-state index contributed by atoms with van der Waals surface area (Å²) in [6, 6.07) is 0. The molecular formula is C18H27NO. The summed E-state index contributed by atoms with van der Waals surface area (Å²) in [5.41, 5.74) is 0. The molecular weight excluding hydrogens is 246 g/mol. The first kappa shape index (κ1) is 18.2. The zero-order chi connectivity index (χ0) is 15.1. The summed E-state index contributed by atoms with van der Waals surface area (Å²) in [6.07, 6.45) is 21.4. The Kier molecular flexibility index (Phi) is 12.4. The Labute approximate surface area is 123 Å². The maximum absolute atomic E-state index is 11.4.